The summed E-state index contributed by atoms with van der Waals surface area (Å²) in [4.78, 5) is 16.2. The van der Waals surface area contributed by atoms with Crippen molar-refractivity contribution in [3.63, 3.8) is 0 Å². The van der Waals surface area contributed by atoms with E-state index in [0.717, 1.165) is 11.1 Å². The van der Waals surface area contributed by atoms with Crippen molar-refractivity contribution in [3.05, 3.63) is 47.8 Å². The number of nitrogens with zero attached hydrogens (tertiary/aromatic N) is 1. The Bertz CT molecular complexity index is 679. The number of hydrogen-bond donors (Lipinski definition) is 1. The van der Waals surface area contributed by atoms with Crippen molar-refractivity contribution in [2.45, 2.75) is 25.8 Å². The average Bonchev–Trinajstić information content (AvgIpc) is 2.65. The number of benzene rings is 1. The Kier molecular flexibility index (Phi) is 6.62. The minimum Gasteiger partial charge on any atom is -0.493 e. The van der Waals surface area contributed by atoms with Crippen LogP contribution in [0.2, 0.25) is 0 Å². The standard InChI is InChI=1S/C19H24N2O4/c1-13(15-7-9-20-10-8-15)21-18(22)6-5-14-11-16(23-2)19(25-4)17(12-14)24-3/h7-13H,5-6H2,1-4H3,(H,21,22). The number of aromatic nitrogens is 1. The highest BCUT2D eigenvalue weighted by molar-refractivity contribution is 5.76. The van der Waals surface area contributed by atoms with Crippen molar-refractivity contribution in [2.75, 3.05) is 21.3 Å². The van der Waals surface area contributed by atoms with Gasteiger partial charge in [0.25, 0.3) is 0 Å². The van der Waals surface area contributed by atoms with Crippen LogP contribution in [0.25, 0.3) is 0 Å². The summed E-state index contributed by atoms with van der Waals surface area (Å²) in [6, 6.07) is 7.45. The van der Waals surface area contributed by atoms with Gasteiger partial charge in [0, 0.05) is 18.8 Å². The van der Waals surface area contributed by atoms with Crippen molar-refractivity contribution in [3.8, 4) is 17.2 Å². The summed E-state index contributed by atoms with van der Waals surface area (Å²) in [5.41, 5.74) is 1.97. The lowest BCUT2D eigenvalue weighted by molar-refractivity contribution is -0.121. The summed E-state index contributed by atoms with van der Waals surface area (Å²) in [6.07, 6.45) is 4.38. The summed E-state index contributed by atoms with van der Waals surface area (Å²) in [7, 11) is 4.71. The fraction of sp³-hybridized carbons (Fsp3) is 0.368. The van der Waals surface area contributed by atoms with E-state index < -0.39 is 0 Å². The van der Waals surface area contributed by atoms with Crippen LogP contribution in [0, 0.1) is 0 Å². The number of carbonyl (C=O) groups excluding carboxylic acids is 1. The maximum absolute atomic E-state index is 12.2. The first kappa shape index (κ1) is 18.6. The van der Waals surface area contributed by atoms with E-state index in [9.17, 15) is 4.79 Å². The summed E-state index contributed by atoms with van der Waals surface area (Å²) >= 11 is 0. The van der Waals surface area contributed by atoms with Gasteiger partial charge in [0.2, 0.25) is 11.7 Å². The molecule has 0 aliphatic carbocycles. The molecule has 0 aliphatic heterocycles. The van der Waals surface area contributed by atoms with Gasteiger partial charge < -0.3 is 19.5 Å². The lowest BCUT2D eigenvalue weighted by Gasteiger charge is -2.15. The van der Waals surface area contributed by atoms with Crippen molar-refractivity contribution < 1.29 is 19.0 Å². The van der Waals surface area contributed by atoms with E-state index in [1.807, 2.05) is 31.2 Å². The Labute approximate surface area is 148 Å². The predicted molar refractivity (Wildman–Crippen MR) is 95.2 cm³/mol. The zero-order valence-corrected chi connectivity index (χ0v) is 15.0. The Morgan fingerprint density at radius 2 is 1.68 bits per heavy atom. The first-order chi connectivity index (χ1) is 12.1. The van der Waals surface area contributed by atoms with Crippen LogP contribution in [0.4, 0.5) is 0 Å². The molecule has 1 amide bonds. The van der Waals surface area contributed by atoms with Gasteiger partial charge in [-0.1, -0.05) is 0 Å². The Morgan fingerprint density at radius 3 is 2.20 bits per heavy atom. The third-order valence-corrected chi connectivity index (χ3v) is 3.95. The molecule has 6 nitrogen and oxygen atoms in total. The minimum atomic E-state index is -0.0598. The fourth-order valence-corrected chi connectivity index (χ4v) is 2.59. The quantitative estimate of drug-likeness (QED) is 0.797. The highest BCUT2D eigenvalue weighted by Gasteiger charge is 2.14. The number of hydrogen-bond acceptors (Lipinski definition) is 5. The second-order valence-corrected chi connectivity index (χ2v) is 5.60. The van der Waals surface area contributed by atoms with Crippen molar-refractivity contribution in [2.24, 2.45) is 0 Å². The van der Waals surface area contributed by atoms with Crippen LogP contribution >= 0.6 is 0 Å². The number of rotatable bonds is 8. The number of pyridine rings is 1. The molecule has 2 aromatic rings. The third-order valence-electron chi connectivity index (χ3n) is 3.95. The van der Waals surface area contributed by atoms with Gasteiger partial charge in [-0.15, -0.1) is 0 Å². The fourth-order valence-electron chi connectivity index (χ4n) is 2.59. The van der Waals surface area contributed by atoms with Crippen LogP contribution in [0.1, 0.15) is 30.5 Å². The highest BCUT2D eigenvalue weighted by atomic mass is 16.5. The van der Waals surface area contributed by atoms with Gasteiger partial charge in [-0.3, -0.25) is 9.78 Å². The second kappa shape index (κ2) is 8.92. The molecule has 0 saturated carbocycles. The second-order valence-electron chi connectivity index (χ2n) is 5.60. The lowest BCUT2D eigenvalue weighted by Crippen LogP contribution is -2.26. The molecule has 2 rings (SSSR count). The smallest absolute Gasteiger partial charge is 0.220 e. The van der Waals surface area contributed by atoms with Crippen molar-refractivity contribution in [1.82, 2.24) is 10.3 Å². The topological polar surface area (TPSA) is 69.7 Å². The van der Waals surface area contributed by atoms with E-state index in [4.69, 9.17) is 14.2 Å². The van der Waals surface area contributed by atoms with Gasteiger partial charge in [-0.2, -0.15) is 0 Å². The largest absolute Gasteiger partial charge is 0.493 e. The van der Waals surface area contributed by atoms with Crippen molar-refractivity contribution in [1.29, 1.82) is 0 Å². The van der Waals surface area contributed by atoms with Gasteiger partial charge in [0.05, 0.1) is 27.4 Å². The summed E-state index contributed by atoms with van der Waals surface area (Å²) < 4.78 is 16.0. The van der Waals surface area contributed by atoms with Crippen LogP contribution in [0.3, 0.4) is 0 Å². The zero-order chi connectivity index (χ0) is 18.2. The van der Waals surface area contributed by atoms with Gasteiger partial charge in [-0.25, -0.2) is 0 Å². The Balaban J connectivity index is 1.99. The molecule has 0 spiro atoms. The van der Waals surface area contributed by atoms with E-state index in [1.165, 1.54) is 0 Å². The summed E-state index contributed by atoms with van der Waals surface area (Å²) in [5.74, 6) is 1.70. The molecule has 1 atom stereocenters. The normalized spacial score (nSPS) is 11.5. The maximum atomic E-state index is 12.2. The molecule has 6 heteroatoms. The number of carbonyl (C=O) groups is 1. The Hall–Kier alpha value is -2.76. The summed E-state index contributed by atoms with van der Waals surface area (Å²) in [5, 5.41) is 2.99. The lowest BCUT2D eigenvalue weighted by atomic mass is 10.1. The predicted octanol–water partition coefficient (Wildman–Crippen LogP) is 2.92. The molecule has 134 valence electrons. The van der Waals surface area contributed by atoms with Crippen LogP contribution in [0.15, 0.2) is 36.7 Å². The minimum absolute atomic E-state index is 0.0157. The van der Waals surface area contributed by atoms with E-state index in [1.54, 1.807) is 33.7 Å². The number of methoxy groups -OCH3 is 3. The number of amides is 1. The molecule has 0 bridgehead atoms. The Morgan fingerprint density at radius 1 is 1.08 bits per heavy atom. The monoisotopic (exact) mass is 344 g/mol. The van der Waals surface area contributed by atoms with Gasteiger partial charge in [-0.05, 0) is 48.7 Å². The molecule has 25 heavy (non-hydrogen) atoms. The maximum Gasteiger partial charge on any atom is 0.220 e. The molecular weight excluding hydrogens is 320 g/mol. The molecule has 1 aromatic carbocycles. The van der Waals surface area contributed by atoms with Crippen LogP contribution in [0.5, 0.6) is 17.2 Å². The highest BCUT2D eigenvalue weighted by Crippen LogP contribution is 2.38. The molecule has 1 N–H and O–H groups in total. The van der Waals surface area contributed by atoms with Crippen LogP contribution in [-0.2, 0) is 11.2 Å². The van der Waals surface area contributed by atoms with E-state index in [0.29, 0.717) is 30.1 Å². The first-order valence-corrected chi connectivity index (χ1v) is 8.07. The molecule has 0 fully saturated rings. The molecule has 0 aliphatic rings. The van der Waals surface area contributed by atoms with Gasteiger partial charge in [0.1, 0.15) is 0 Å². The summed E-state index contributed by atoms with van der Waals surface area (Å²) in [6.45, 7) is 1.95. The number of ether oxygens (including phenoxy) is 3. The SMILES string of the molecule is COc1cc(CCC(=O)NC(C)c2ccncc2)cc(OC)c1OC. The van der Waals surface area contributed by atoms with Crippen LogP contribution < -0.4 is 19.5 Å². The van der Waals surface area contributed by atoms with Gasteiger partial charge >= 0.3 is 0 Å². The molecule has 1 aromatic heterocycles. The molecule has 0 saturated heterocycles. The first-order valence-electron chi connectivity index (χ1n) is 8.07. The van der Waals surface area contributed by atoms with Gasteiger partial charge in [0.15, 0.2) is 11.5 Å². The van der Waals surface area contributed by atoms with E-state index >= 15 is 0 Å². The molecule has 1 heterocycles. The third kappa shape index (κ3) is 4.86. The molecule has 1 unspecified atom stereocenters. The van der Waals surface area contributed by atoms with E-state index in [-0.39, 0.29) is 11.9 Å². The molecule has 0 radical (unpaired) electrons. The van der Waals surface area contributed by atoms with E-state index in [2.05, 4.69) is 10.3 Å². The zero-order valence-electron chi connectivity index (χ0n) is 15.0. The van der Waals surface area contributed by atoms with Crippen LogP contribution in [-0.4, -0.2) is 32.2 Å². The number of aryl methyl sites for hydroxylation is 1. The van der Waals surface area contributed by atoms with Crippen molar-refractivity contribution >= 4 is 5.91 Å². The average molecular weight is 344 g/mol. The number of nitrogens with one attached hydrogen (secondary N) is 1. The molecular formula is C19H24N2O4.